The van der Waals surface area contributed by atoms with Gasteiger partial charge in [-0.25, -0.2) is 0 Å². The van der Waals surface area contributed by atoms with Crippen LogP contribution in [-0.2, 0) is 30.3 Å². The molecular weight excluding hydrogens is 954 g/mol. The number of amides is 2. The van der Waals surface area contributed by atoms with Crippen molar-refractivity contribution in [3.05, 3.63) is 59.8 Å². The predicted molar refractivity (Wildman–Crippen MR) is 229 cm³/mol. The number of allylic oxidation sites excluding steroid dienone is 3. The lowest BCUT2D eigenvalue weighted by molar-refractivity contribution is -0.225. The highest BCUT2D eigenvalue weighted by Gasteiger charge is 2.54. The van der Waals surface area contributed by atoms with Crippen molar-refractivity contribution >= 4 is 81.2 Å². The van der Waals surface area contributed by atoms with Crippen LogP contribution >= 0.6 is 63.7 Å². The van der Waals surface area contributed by atoms with Crippen LogP contribution in [0.4, 0.5) is 0 Å². The van der Waals surface area contributed by atoms with Gasteiger partial charge in [0.15, 0.2) is 11.8 Å². The molecular formula is C40H57Br4N3O7. The lowest BCUT2D eigenvalue weighted by Crippen LogP contribution is -2.49. The fourth-order valence-corrected chi connectivity index (χ4v) is 9.13. The number of hydrogen-bond acceptors (Lipinski definition) is 8. The molecule has 0 saturated heterocycles. The van der Waals surface area contributed by atoms with Gasteiger partial charge in [-0.05, 0) is 110 Å². The zero-order valence-electron chi connectivity index (χ0n) is 31.7. The molecule has 302 valence electrons. The number of methoxy groups -OCH3 is 1. The highest BCUT2D eigenvalue weighted by Crippen LogP contribution is 2.41. The number of oxime groups is 1. The number of benzene rings is 1. The number of nitrogens with zero attached hydrogens (tertiary/aromatic N) is 1. The fraction of sp³-hybridized carbons (Fsp3) is 0.625. The number of rotatable bonds is 26. The topological polar surface area (TPSA) is 128 Å². The third-order valence-electron chi connectivity index (χ3n) is 9.20. The van der Waals surface area contributed by atoms with E-state index in [-0.39, 0.29) is 24.6 Å². The third kappa shape index (κ3) is 15.9. The van der Waals surface area contributed by atoms with E-state index in [1.165, 1.54) is 90.4 Å². The van der Waals surface area contributed by atoms with Gasteiger partial charge < -0.3 is 34.8 Å². The molecule has 2 aliphatic heterocycles. The lowest BCUT2D eigenvalue weighted by atomic mass is 10.0. The van der Waals surface area contributed by atoms with E-state index in [0.29, 0.717) is 52.9 Å². The van der Waals surface area contributed by atoms with E-state index >= 15 is 0 Å². The average molecular weight is 1010 g/mol. The van der Waals surface area contributed by atoms with E-state index in [1.54, 1.807) is 0 Å². The Balaban J connectivity index is 1.23. The number of halogens is 4. The van der Waals surface area contributed by atoms with Crippen molar-refractivity contribution in [3.63, 3.8) is 0 Å². The number of nitrogens with one attached hydrogen (secondary N) is 2. The third-order valence-corrected chi connectivity index (χ3v) is 11.6. The Morgan fingerprint density at radius 2 is 1.54 bits per heavy atom. The van der Waals surface area contributed by atoms with Gasteiger partial charge in [0.1, 0.15) is 17.8 Å². The number of ether oxygens (including phenoxy) is 3. The molecule has 2 aliphatic rings. The van der Waals surface area contributed by atoms with Crippen LogP contribution < -0.4 is 15.4 Å². The van der Waals surface area contributed by atoms with Crippen molar-refractivity contribution in [2.75, 3.05) is 26.8 Å². The Labute approximate surface area is 355 Å². The summed E-state index contributed by atoms with van der Waals surface area (Å²) in [5.41, 5.74) is 0.877. The quantitative estimate of drug-likeness (QED) is 0.0623. The molecule has 10 nitrogen and oxygen atoms in total. The number of carbonyl (C=O) groups is 2. The Bertz CT molecular complexity index is 1450. The van der Waals surface area contributed by atoms with Crippen molar-refractivity contribution in [2.45, 2.75) is 134 Å². The van der Waals surface area contributed by atoms with Crippen molar-refractivity contribution in [3.8, 4) is 5.75 Å². The number of carbonyl (C=O) groups excluding carboxylic acids is 2. The first-order chi connectivity index (χ1) is 26.1. The minimum atomic E-state index is -1.60. The molecule has 14 heteroatoms. The van der Waals surface area contributed by atoms with E-state index in [9.17, 15) is 14.7 Å². The maximum absolute atomic E-state index is 12.8. The van der Waals surface area contributed by atoms with E-state index in [1.807, 2.05) is 12.1 Å². The van der Waals surface area contributed by atoms with Gasteiger partial charge in [0.2, 0.25) is 5.91 Å². The number of aliphatic hydroxyl groups excluding tert-OH is 1. The summed E-state index contributed by atoms with van der Waals surface area (Å²) in [4.78, 5) is 30.6. The molecule has 0 aromatic heterocycles. The Kier molecular flexibility index (Phi) is 22.5. The standard InChI is InChI=1S/C40H57Br4N3O7/c1-3-4-5-6-7-8-9-10-11-12-13-14-15-16-17-18-20-34(48)45-23-21-29-25-30(41)37(31(42)26-29)52-24-19-22-46-39(50)35-38(49)40(54-47-35)27-32(43)36(51-2)33(44)28-53-40/h7-8,25-26,28,38,49H,3-6,9-24,27H2,1-2H3,(H,45,48)(H,46,50)/t38-,40-/m0/s1. The summed E-state index contributed by atoms with van der Waals surface area (Å²) in [5.74, 6) is -0.930. The van der Waals surface area contributed by atoms with Crippen LogP contribution in [0.2, 0.25) is 0 Å². The summed E-state index contributed by atoms with van der Waals surface area (Å²) in [5, 5.41) is 20.6. The van der Waals surface area contributed by atoms with Crippen molar-refractivity contribution in [1.29, 1.82) is 0 Å². The van der Waals surface area contributed by atoms with Crippen LogP contribution in [0.25, 0.3) is 0 Å². The molecule has 0 saturated carbocycles. The molecule has 2 amide bonds. The first-order valence-corrected chi connectivity index (χ1v) is 22.5. The van der Waals surface area contributed by atoms with E-state index in [4.69, 9.17) is 19.0 Å². The maximum atomic E-state index is 12.8. The van der Waals surface area contributed by atoms with Crippen LogP contribution in [-0.4, -0.2) is 61.3 Å². The molecule has 0 bridgehead atoms. The summed E-state index contributed by atoms with van der Waals surface area (Å²) in [6, 6.07) is 3.98. The van der Waals surface area contributed by atoms with E-state index < -0.39 is 17.8 Å². The van der Waals surface area contributed by atoms with Crippen LogP contribution in [0.5, 0.6) is 5.75 Å². The van der Waals surface area contributed by atoms with Gasteiger partial charge in [0.25, 0.3) is 5.91 Å². The molecule has 0 fully saturated rings. The predicted octanol–water partition coefficient (Wildman–Crippen LogP) is 10.5. The van der Waals surface area contributed by atoms with Gasteiger partial charge in [-0.2, -0.15) is 0 Å². The first kappa shape index (κ1) is 46.5. The SMILES string of the molecule is CCCCCC=CCCCCCCCCCCCC(=O)NCCc1cc(Br)c(OCCCNC(=O)C2=NO[C@@]3(CC(Br)=C(OC)C(Br)=CO3)[C@H]2O)c(Br)c1. The summed E-state index contributed by atoms with van der Waals surface area (Å²) in [6.45, 7) is 3.44. The molecule has 0 aliphatic carbocycles. The molecule has 54 heavy (non-hydrogen) atoms. The molecule has 2 atom stereocenters. The first-order valence-electron chi connectivity index (χ1n) is 19.3. The zero-order chi connectivity index (χ0) is 39.2. The Morgan fingerprint density at radius 3 is 2.19 bits per heavy atom. The van der Waals surface area contributed by atoms with Crippen molar-refractivity contribution in [1.82, 2.24) is 10.6 Å². The van der Waals surface area contributed by atoms with Gasteiger partial charge >= 0.3 is 5.79 Å². The largest absolute Gasteiger partial charge is 0.495 e. The number of unbranched alkanes of at least 4 members (excludes halogenated alkanes) is 12. The van der Waals surface area contributed by atoms with Gasteiger partial charge in [0.05, 0.1) is 33.6 Å². The number of aliphatic hydroxyl groups is 1. The van der Waals surface area contributed by atoms with Crippen LogP contribution in [0.1, 0.15) is 122 Å². The Morgan fingerprint density at radius 1 is 0.907 bits per heavy atom. The van der Waals surface area contributed by atoms with Crippen LogP contribution in [0.3, 0.4) is 0 Å². The summed E-state index contributed by atoms with van der Waals surface area (Å²) < 4.78 is 19.7. The normalized spacial score (nSPS) is 18.2. The average Bonchev–Trinajstić information content (AvgIpc) is 3.39. The zero-order valence-corrected chi connectivity index (χ0v) is 38.0. The second kappa shape index (κ2) is 26.1. The monoisotopic (exact) mass is 1010 g/mol. The van der Waals surface area contributed by atoms with E-state index in [0.717, 1.165) is 27.4 Å². The molecule has 0 unspecified atom stereocenters. The molecule has 0 radical (unpaired) electrons. The highest BCUT2D eigenvalue weighted by molar-refractivity contribution is 9.12. The van der Waals surface area contributed by atoms with Crippen LogP contribution in [0, 0.1) is 0 Å². The van der Waals surface area contributed by atoms with Crippen molar-refractivity contribution in [2.24, 2.45) is 5.16 Å². The minimum absolute atomic E-state index is 0.0623. The smallest absolute Gasteiger partial charge is 0.311 e. The fourth-order valence-electron chi connectivity index (χ4n) is 6.10. The molecule has 3 N–H and O–H groups in total. The summed E-state index contributed by atoms with van der Waals surface area (Å²) in [6.07, 6.45) is 24.0. The van der Waals surface area contributed by atoms with Gasteiger partial charge in [-0.15, -0.1) is 0 Å². The summed E-state index contributed by atoms with van der Waals surface area (Å²) >= 11 is 14.0. The van der Waals surface area contributed by atoms with Crippen LogP contribution in [0.15, 0.2) is 59.4 Å². The van der Waals surface area contributed by atoms with Crippen molar-refractivity contribution < 1.29 is 33.7 Å². The summed E-state index contributed by atoms with van der Waals surface area (Å²) in [7, 11) is 1.51. The Hall–Kier alpha value is -1.87. The van der Waals surface area contributed by atoms with Gasteiger partial charge in [-0.3, -0.25) is 9.59 Å². The highest BCUT2D eigenvalue weighted by atomic mass is 79.9. The molecule has 1 aromatic rings. The molecule has 1 spiro atoms. The molecule has 3 rings (SSSR count). The second-order valence-corrected chi connectivity index (χ2v) is 17.1. The second-order valence-electron chi connectivity index (χ2n) is 13.6. The molecule has 1 aromatic carbocycles. The lowest BCUT2D eigenvalue weighted by Gasteiger charge is -2.27. The minimum Gasteiger partial charge on any atom is -0.495 e. The van der Waals surface area contributed by atoms with E-state index in [2.05, 4.69) is 98.6 Å². The van der Waals surface area contributed by atoms with Gasteiger partial charge in [0, 0.05) is 24.0 Å². The maximum Gasteiger partial charge on any atom is 0.311 e. The molecule has 2 heterocycles. The number of hydrogen-bond donors (Lipinski definition) is 3. The van der Waals surface area contributed by atoms with Gasteiger partial charge in [-0.1, -0.05) is 97.9 Å².